The highest BCUT2D eigenvalue weighted by atomic mass is 14.8. The molecule has 2 aromatic heterocycles. The standard InChI is InChI=1S/C12H8N2.C4H4N2/c1-2-4-10-9(3-1)5-6-11-12(10)14-8-7-13-11;1-2-6-4-3-5-1/h1-8H;1-4H. The second-order valence-electron chi connectivity index (χ2n) is 4.11. The maximum Gasteiger partial charge on any atom is 0.0965 e. The molecule has 0 aliphatic heterocycles. The number of hydrogen-bond donors (Lipinski definition) is 0. The summed E-state index contributed by atoms with van der Waals surface area (Å²) in [6, 6.07) is 12.3. The zero-order chi connectivity index (χ0) is 13.6. The molecule has 0 unspecified atom stereocenters. The van der Waals surface area contributed by atoms with E-state index >= 15 is 0 Å². The first kappa shape index (κ1) is 12.2. The Kier molecular flexibility index (Phi) is 3.55. The van der Waals surface area contributed by atoms with E-state index in [0.29, 0.717) is 0 Å². The topological polar surface area (TPSA) is 51.6 Å². The Morgan fingerprint density at radius 1 is 0.600 bits per heavy atom. The van der Waals surface area contributed by atoms with Gasteiger partial charge in [0.1, 0.15) is 0 Å². The molecule has 2 heterocycles. The summed E-state index contributed by atoms with van der Waals surface area (Å²) < 4.78 is 0. The Morgan fingerprint density at radius 2 is 1.30 bits per heavy atom. The third kappa shape index (κ3) is 2.59. The molecule has 20 heavy (non-hydrogen) atoms. The lowest BCUT2D eigenvalue weighted by Crippen LogP contribution is -1.83. The van der Waals surface area contributed by atoms with Crippen LogP contribution < -0.4 is 0 Å². The summed E-state index contributed by atoms with van der Waals surface area (Å²) in [5.74, 6) is 0. The molecule has 0 radical (unpaired) electrons. The molecule has 0 fully saturated rings. The van der Waals surface area contributed by atoms with Crippen molar-refractivity contribution in [2.45, 2.75) is 0 Å². The van der Waals surface area contributed by atoms with Crippen molar-refractivity contribution in [1.29, 1.82) is 0 Å². The molecule has 4 rings (SSSR count). The summed E-state index contributed by atoms with van der Waals surface area (Å²) in [7, 11) is 0. The number of nitrogens with zero attached hydrogens (tertiary/aromatic N) is 4. The van der Waals surface area contributed by atoms with Crippen LogP contribution in [0.4, 0.5) is 0 Å². The van der Waals surface area contributed by atoms with Gasteiger partial charge in [0.15, 0.2) is 0 Å². The second kappa shape index (κ2) is 5.84. The van der Waals surface area contributed by atoms with Crippen LogP contribution in [-0.2, 0) is 0 Å². The van der Waals surface area contributed by atoms with Gasteiger partial charge >= 0.3 is 0 Å². The summed E-state index contributed by atoms with van der Waals surface area (Å²) in [5.41, 5.74) is 1.93. The molecule has 0 aliphatic carbocycles. The minimum atomic E-state index is 0.950. The van der Waals surface area contributed by atoms with Crippen LogP contribution in [0.1, 0.15) is 0 Å². The fourth-order valence-corrected chi connectivity index (χ4v) is 1.96. The number of hydrogen-bond acceptors (Lipinski definition) is 4. The lowest BCUT2D eigenvalue weighted by Gasteiger charge is -2.00. The van der Waals surface area contributed by atoms with Gasteiger partial charge in [0, 0.05) is 42.6 Å². The van der Waals surface area contributed by atoms with Crippen LogP contribution in [0.5, 0.6) is 0 Å². The van der Waals surface area contributed by atoms with Gasteiger partial charge in [0.2, 0.25) is 0 Å². The first-order valence-corrected chi connectivity index (χ1v) is 6.23. The number of fused-ring (bicyclic) bond motifs is 3. The van der Waals surface area contributed by atoms with Gasteiger partial charge in [-0.1, -0.05) is 30.3 Å². The monoisotopic (exact) mass is 260 g/mol. The van der Waals surface area contributed by atoms with Crippen molar-refractivity contribution in [2.24, 2.45) is 0 Å². The molecule has 0 atom stereocenters. The molecule has 0 spiro atoms. The maximum atomic E-state index is 4.35. The third-order valence-electron chi connectivity index (χ3n) is 2.84. The summed E-state index contributed by atoms with van der Waals surface area (Å²) in [4.78, 5) is 16.1. The van der Waals surface area contributed by atoms with Crippen molar-refractivity contribution in [1.82, 2.24) is 19.9 Å². The normalized spacial score (nSPS) is 10.0. The first-order valence-electron chi connectivity index (χ1n) is 6.23. The highest BCUT2D eigenvalue weighted by molar-refractivity contribution is 6.03. The summed E-state index contributed by atoms with van der Waals surface area (Å²) in [5, 5.41) is 2.37. The minimum Gasteiger partial charge on any atom is -0.262 e. The van der Waals surface area contributed by atoms with Crippen molar-refractivity contribution in [3.05, 3.63) is 73.6 Å². The van der Waals surface area contributed by atoms with Crippen LogP contribution in [-0.4, -0.2) is 19.9 Å². The van der Waals surface area contributed by atoms with Crippen LogP contribution in [0.15, 0.2) is 73.6 Å². The van der Waals surface area contributed by atoms with Gasteiger partial charge in [0.05, 0.1) is 11.0 Å². The van der Waals surface area contributed by atoms with E-state index in [2.05, 4.69) is 38.1 Å². The van der Waals surface area contributed by atoms with Crippen molar-refractivity contribution >= 4 is 21.8 Å². The molecule has 0 bridgehead atoms. The van der Waals surface area contributed by atoms with E-state index in [1.807, 2.05) is 18.2 Å². The number of aromatic nitrogens is 4. The second-order valence-corrected chi connectivity index (χ2v) is 4.11. The summed E-state index contributed by atoms with van der Waals surface area (Å²) in [6.07, 6.45) is 10.0. The smallest absolute Gasteiger partial charge is 0.0965 e. The van der Waals surface area contributed by atoms with E-state index in [0.717, 1.165) is 16.4 Å². The molecule has 96 valence electrons. The highest BCUT2D eigenvalue weighted by Crippen LogP contribution is 2.21. The van der Waals surface area contributed by atoms with Crippen LogP contribution >= 0.6 is 0 Å². The van der Waals surface area contributed by atoms with E-state index in [1.165, 1.54) is 5.39 Å². The van der Waals surface area contributed by atoms with Crippen LogP contribution in [0.3, 0.4) is 0 Å². The van der Waals surface area contributed by atoms with Gasteiger partial charge in [0.25, 0.3) is 0 Å². The molecule has 4 aromatic rings. The van der Waals surface area contributed by atoms with Gasteiger partial charge in [-0.2, -0.15) is 0 Å². The molecular formula is C16H12N4. The van der Waals surface area contributed by atoms with Gasteiger partial charge in [-0.25, -0.2) is 0 Å². The fraction of sp³-hybridized carbons (Fsp3) is 0. The zero-order valence-electron chi connectivity index (χ0n) is 10.7. The average molecular weight is 260 g/mol. The van der Waals surface area contributed by atoms with E-state index < -0.39 is 0 Å². The van der Waals surface area contributed by atoms with Crippen LogP contribution in [0.2, 0.25) is 0 Å². The van der Waals surface area contributed by atoms with Gasteiger partial charge < -0.3 is 0 Å². The Bertz CT molecular complexity index is 734. The van der Waals surface area contributed by atoms with E-state index in [9.17, 15) is 0 Å². The molecule has 0 N–H and O–H groups in total. The zero-order valence-corrected chi connectivity index (χ0v) is 10.7. The van der Waals surface area contributed by atoms with Crippen LogP contribution in [0, 0.1) is 0 Å². The number of benzene rings is 2. The van der Waals surface area contributed by atoms with Gasteiger partial charge in [-0.3, -0.25) is 19.9 Å². The average Bonchev–Trinajstić information content (AvgIpc) is 2.57. The van der Waals surface area contributed by atoms with Crippen molar-refractivity contribution in [3.63, 3.8) is 0 Å². The quantitative estimate of drug-likeness (QED) is 0.455. The Labute approximate surface area is 116 Å². The summed E-state index contributed by atoms with van der Waals surface area (Å²) in [6.45, 7) is 0. The third-order valence-corrected chi connectivity index (χ3v) is 2.84. The van der Waals surface area contributed by atoms with Crippen molar-refractivity contribution in [2.75, 3.05) is 0 Å². The van der Waals surface area contributed by atoms with E-state index in [1.54, 1.807) is 37.2 Å². The first-order chi connectivity index (χ1) is 9.95. The van der Waals surface area contributed by atoms with Crippen molar-refractivity contribution in [3.8, 4) is 0 Å². The fourth-order valence-electron chi connectivity index (χ4n) is 1.96. The van der Waals surface area contributed by atoms with Crippen molar-refractivity contribution < 1.29 is 0 Å². The van der Waals surface area contributed by atoms with Crippen LogP contribution in [0.25, 0.3) is 21.8 Å². The predicted molar refractivity (Wildman–Crippen MR) is 79.1 cm³/mol. The SMILES string of the molecule is c1ccc2c(c1)ccc1nccnc12.c1cnccn1. The molecule has 0 amide bonds. The van der Waals surface area contributed by atoms with E-state index in [4.69, 9.17) is 0 Å². The summed E-state index contributed by atoms with van der Waals surface area (Å²) >= 11 is 0. The molecule has 0 aliphatic rings. The Hall–Kier alpha value is -2.88. The molecule has 0 saturated carbocycles. The lowest BCUT2D eigenvalue weighted by atomic mass is 10.1. The lowest BCUT2D eigenvalue weighted by molar-refractivity contribution is 1.20. The highest BCUT2D eigenvalue weighted by Gasteiger charge is 1.99. The minimum absolute atomic E-state index is 0.950. The van der Waals surface area contributed by atoms with Gasteiger partial charge in [-0.15, -0.1) is 0 Å². The largest absolute Gasteiger partial charge is 0.262 e. The molecule has 2 aromatic carbocycles. The van der Waals surface area contributed by atoms with Gasteiger partial charge in [-0.05, 0) is 11.5 Å². The molecule has 4 heteroatoms. The Balaban J connectivity index is 0.000000170. The maximum absolute atomic E-state index is 4.35. The predicted octanol–water partition coefficient (Wildman–Crippen LogP) is 3.26. The molecular weight excluding hydrogens is 248 g/mol. The van der Waals surface area contributed by atoms with E-state index in [-0.39, 0.29) is 0 Å². The number of rotatable bonds is 0. The molecule has 4 nitrogen and oxygen atoms in total. The molecule has 0 saturated heterocycles. The Morgan fingerprint density at radius 3 is 2.05 bits per heavy atom.